The lowest BCUT2D eigenvalue weighted by molar-refractivity contribution is 0.374. The first-order valence-electron chi connectivity index (χ1n) is 4.88. The van der Waals surface area contributed by atoms with Gasteiger partial charge >= 0.3 is 0 Å². The Bertz CT molecular complexity index is 330. The van der Waals surface area contributed by atoms with Crippen molar-refractivity contribution >= 4 is 5.84 Å². The topological polar surface area (TPSA) is 73.6 Å². The van der Waals surface area contributed by atoms with Crippen LogP contribution in [0.15, 0.2) is 29.4 Å². The third kappa shape index (κ3) is 3.50. The van der Waals surface area contributed by atoms with Crippen LogP contribution in [-0.2, 0) is 0 Å². The number of rotatable bonds is 4. The highest BCUT2D eigenvalue weighted by atomic mass is 16.5. The molecule has 15 heavy (non-hydrogen) atoms. The zero-order valence-corrected chi connectivity index (χ0v) is 9.10. The fourth-order valence-electron chi connectivity index (χ4n) is 1.14. The minimum Gasteiger partial charge on any atom is -0.486 e. The molecule has 4 N–H and O–H groups in total. The van der Waals surface area contributed by atoms with Gasteiger partial charge in [0.05, 0.1) is 0 Å². The first-order valence-corrected chi connectivity index (χ1v) is 4.88. The van der Waals surface area contributed by atoms with Gasteiger partial charge < -0.3 is 16.3 Å². The van der Waals surface area contributed by atoms with Gasteiger partial charge in [0.2, 0.25) is 0 Å². The molecule has 4 nitrogen and oxygen atoms in total. The molecule has 0 aliphatic heterocycles. The number of hydrogen-bond donors (Lipinski definition) is 2. The van der Waals surface area contributed by atoms with Crippen molar-refractivity contribution in [1.29, 1.82) is 0 Å². The van der Waals surface area contributed by atoms with Crippen molar-refractivity contribution in [2.45, 2.75) is 19.8 Å². The van der Waals surface area contributed by atoms with Gasteiger partial charge in [0.15, 0.2) is 5.84 Å². The van der Waals surface area contributed by atoms with E-state index in [4.69, 9.17) is 16.3 Å². The number of amidine groups is 1. The van der Waals surface area contributed by atoms with Gasteiger partial charge in [0, 0.05) is 0 Å². The van der Waals surface area contributed by atoms with Crippen LogP contribution in [0.4, 0.5) is 0 Å². The van der Waals surface area contributed by atoms with E-state index in [0.717, 1.165) is 5.75 Å². The molecule has 0 radical (unpaired) electrons. The maximum Gasteiger partial charge on any atom is 0.157 e. The number of hydrogen-bond acceptors (Lipinski definition) is 3. The summed E-state index contributed by atoms with van der Waals surface area (Å²) in [6.45, 7) is 4.52. The fourth-order valence-corrected chi connectivity index (χ4v) is 1.14. The van der Waals surface area contributed by atoms with E-state index in [-0.39, 0.29) is 12.4 Å². The van der Waals surface area contributed by atoms with Crippen LogP contribution in [0.2, 0.25) is 0 Å². The predicted molar refractivity (Wildman–Crippen MR) is 61.8 cm³/mol. The molecule has 0 bridgehead atoms. The molecular weight excluding hydrogens is 190 g/mol. The highest BCUT2D eigenvalue weighted by Gasteiger charge is 2.00. The van der Waals surface area contributed by atoms with Crippen molar-refractivity contribution in [2.24, 2.45) is 16.7 Å². The summed E-state index contributed by atoms with van der Waals surface area (Å²) in [5.41, 5.74) is 6.68. The zero-order chi connectivity index (χ0) is 11.3. The zero-order valence-electron chi connectivity index (χ0n) is 9.10. The van der Waals surface area contributed by atoms with Crippen LogP contribution in [0, 0.1) is 0 Å². The van der Waals surface area contributed by atoms with Crippen LogP contribution < -0.4 is 16.3 Å². The third-order valence-electron chi connectivity index (χ3n) is 2.10. The van der Waals surface area contributed by atoms with Crippen LogP contribution in [0.5, 0.6) is 5.75 Å². The van der Waals surface area contributed by atoms with E-state index >= 15 is 0 Å². The number of ether oxygens (including phenoxy) is 1. The van der Waals surface area contributed by atoms with E-state index in [1.165, 1.54) is 5.56 Å². The van der Waals surface area contributed by atoms with Gasteiger partial charge in [-0.25, -0.2) is 0 Å². The molecule has 0 amide bonds. The second-order valence-corrected chi connectivity index (χ2v) is 3.63. The van der Waals surface area contributed by atoms with Crippen LogP contribution in [0.25, 0.3) is 0 Å². The summed E-state index contributed by atoms with van der Waals surface area (Å²) in [7, 11) is 0. The summed E-state index contributed by atoms with van der Waals surface area (Å²) < 4.78 is 5.36. The van der Waals surface area contributed by atoms with Crippen molar-refractivity contribution in [1.82, 2.24) is 0 Å². The Morgan fingerprint density at radius 3 is 2.40 bits per heavy atom. The van der Waals surface area contributed by atoms with E-state index in [0.29, 0.717) is 5.92 Å². The van der Waals surface area contributed by atoms with Crippen molar-refractivity contribution < 1.29 is 4.74 Å². The highest BCUT2D eigenvalue weighted by molar-refractivity contribution is 5.81. The average Bonchev–Trinajstić information content (AvgIpc) is 2.26. The van der Waals surface area contributed by atoms with Gasteiger partial charge in [0.1, 0.15) is 12.4 Å². The predicted octanol–water partition coefficient (Wildman–Crippen LogP) is 1.42. The molecule has 0 aliphatic carbocycles. The van der Waals surface area contributed by atoms with E-state index in [2.05, 4.69) is 18.9 Å². The van der Waals surface area contributed by atoms with E-state index < -0.39 is 0 Å². The molecule has 4 heteroatoms. The first kappa shape index (κ1) is 11.4. The molecule has 0 spiro atoms. The smallest absolute Gasteiger partial charge is 0.157 e. The largest absolute Gasteiger partial charge is 0.486 e. The summed E-state index contributed by atoms with van der Waals surface area (Å²) in [5, 5.41) is 3.32. The lowest BCUT2D eigenvalue weighted by atomic mass is 10.0. The molecule has 0 aromatic heterocycles. The maximum atomic E-state index is 5.40. The van der Waals surface area contributed by atoms with Crippen molar-refractivity contribution in [2.75, 3.05) is 6.61 Å². The Balaban J connectivity index is 2.57. The minimum atomic E-state index is 0.220. The summed E-state index contributed by atoms with van der Waals surface area (Å²) in [4.78, 5) is 0. The summed E-state index contributed by atoms with van der Waals surface area (Å²) in [6.07, 6.45) is 0. The fraction of sp³-hybridized carbons (Fsp3) is 0.364. The van der Waals surface area contributed by atoms with Crippen LogP contribution in [-0.4, -0.2) is 12.4 Å². The Labute approximate surface area is 89.9 Å². The second kappa shape index (κ2) is 5.24. The van der Waals surface area contributed by atoms with E-state index in [1.807, 2.05) is 24.3 Å². The monoisotopic (exact) mass is 207 g/mol. The van der Waals surface area contributed by atoms with Crippen LogP contribution in [0.1, 0.15) is 25.3 Å². The Morgan fingerprint density at radius 2 is 1.93 bits per heavy atom. The normalized spacial score (nSPS) is 11.8. The molecule has 0 saturated heterocycles. The molecule has 1 aromatic carbocycles. The molecule has 0 unspecified atom stereocenters. The molecule has 1 aromatic rings. The van der Waals surface area contributed by atoms with Crippen molar-refractivity contribution in [3.63, 3.8) is 0 Å². The third-order valence-corrected chi connectivity index (χ3v) is 2.10. The summed E-state index contributed by atoms with van der Waals surface area (Å²) in [6, 6.07) is 7.91. The molecule has 0 fully saturated rings. The van der Waals surface area contributed by atoms with Gasteiger partial charge in [-0.3, -0.25) is 0 Å². The van der Waals surface area contributed by atoms with E-state index in [9.17, 15) is 0 Å². The van der Waals surface area contributed by atoms with Crippen LogP contribution >= 0.6 is 0 Å². The Morgan fingerprint density at radius 1 is 1.33 bits per heavy atom. The molecule has 0 heterocycles. The highest BCUT2D eigenvalue weighted by Crippen LogP contribution is 2.18. The number of benzene rings is 1. The molecule has 1 rings (SSSR count). The summed E-state index contributed by atoms with van der Waals surface area (Å²) in [5.74, 6) is 6.56. The SMILES string of the molecule is CC(C)c1ccc(OC/C(N)=N/N)cc1. The van der Waals surface area contributed by atoms with Gasteiger partial charge in [0.25, 0.3) is 0 Å². The quantitative estimate of drug-likeness (QED) is 0.339. The lowest BCUT2D eigenvalue weighted by Gasteiger charge is -2.08. The average molecular weight is 207 g/mol. The lowest BCUT2D eigenvalue weighted by Crippen LogP contribution is -2.22. The maximum absolute atomic E-state index is 5.40. The first-order chi connectivity index (χ1) is 7.13. The van der Waals surface area contributed by atoms with Gasteiger partial charge in [-0.1, -0.05) is 26.0 Å². The molecule has 0 saturated carbocycles. The van der Waals surface area contributed by atoms with Crippen LogP contribution in [0.3, 0.4) is 0 Å². The van der Waals surface area contributed by atoms with Crippen molar-refractivity contribution in [3.8, 4) is 5.75 Å². The van der Waals surface area contributed by atoms with E-state index in [1.54, 1.807) is 0 Å². The van der Waals surface area contributed by atoms with Crippen molar-refractivity contribution in [3.05, 3.63) is 29.8 Å². The van der Waals surface area contributed by atoms with Gasteiger partial charge in [-0.15, -0.1) is 0 Å². The standard InChI is InChI=1S/C11H17N3O/c1-8(2)9-3-5-10(6-4-9)15-7-11(12)14-13/h3-6,8H,7,13H2,1-2H3,(H2,12,14). The number of nitrogens with two attached hydrogens (primary N) is 2. The molecular formula is C11H17N3O. The van der Waals surface area contributed by atoms with Gasteiger partial charge in [-0.05, 0) is 23.6 Å². The van der Waals surface area contributed by atoms with Gasteiger partial charge in [-0.2, -0.15) is 5.10 Å². The molecule has 0 atom stereocenters. The number of nitrogens with zero attached hydrogens (tertiary/aromatic N) is 1. The Hall–Kier alpha value is -1.71. The molecule has 82 valence electrons. The summed E-state index contributed by atoms with van der Waals surface area (Å²) >= 11 is 0. The minimum absolute atomic E-state index is 0.220. The molecule has 0 aliphatic rings. The number of hydrazone groups is 1. The Kier molecular flexibility index (Phi) is 3.97. The second-order valence-electron chi connectivity index (χ2n) is 3.63.